The summed E-state index contributed by atoms with van der Waals surface area (Å²) in [5, 5.41) is 8.32. The number of carbonyl (C=O) groups is 4. The van der Waals surface area contributed by atoms with Crippen LogP contribution in [0, 0.1) is 0 Å². The van der Waals surface area contributed by atoms with Gasteiger partial charge in [-0.2, -0.15) is 0 Å². The van der Waals surface area contributed by atoms with E-state index < -0.39 is 17.6 Å². The van der Waals surface area contributed by atoms with Crippen molar-refractivity contribution in [3.05, 3.63) is 83.7 Å². The summed E-state index contributed by atoms with van der Waals surface area (Å²) in [4.78, 5) is 56.1. The van der Waals surface area contributed by atoms with Gasteiger partial charge in [0.2, 0.25) is 0 Å². The van der Waals surface area contributed by atoms with Gasteiger partial charge in [0.25, 0.3) is 5.91 Å². The number of hydrogen-bond donors (Lipinski definition) is 3. The molecule has 0 aliphatic carbocycles. The molecule has 0 aliphatic rings. The predicted octanol–water partition coefficient (Wildman–Crippen LogP) is 7.11. The standard InChI is InChI=1S/C32H39N5O5/c1-6-7-10-18-37(30(40)34-25-13-11-12-24(19-25)22(2)38)21-23-16-17-28(33-20-23)29(39)35-26-14-8-9-15-27(26)36-31(41)42-32(3,4)5/h8-9,11-17,19-20H,6-7,10,18,21H2,1-5H3,(H,34,40)(H,35,39)(H,36,41). The molecular formula is C32H39N5O5. The summed E-state index contributed by atoms with van der Waals surface area (Å²) < 4.78 is 5.31. The average molecular weight is 574 g/mol. The van der Waals surface area contributed by atoms with Gasteiger partial charge in [-0.05, 0) is 70.0 Å². The number of ketones is 1. The summed E-state index contributed by atoms with van der Waals surface area (Å²) in [7, 11) is 0. The number of amides is 4. The maximum Gasteiger partial charge on any atom is 0.412 e. The van der Waals surface area contributed by atoms with Crippen LogP contribution >= 0.6 is 0 Å². The van der Waals surface area contributed by atoms with Crippen LogP contribution in [-0.4, -0.2) is 45.8 Å². The minimum Gasteiger partial charge on any atom is -0.444 e. The van der Waals surface area contributed by atoms with Crippen molar-refractivity contribution >= 4 is 40.9 Å². The third kappa shape index (κ3) is 10.0. The quantitative estimate of drug-likeness (QED) is 0.166. The van der Waals surface area contributed by atoms with E-state index in [-0.39, 0.29) is 17.5 Å². The van der Waals surface area contributed by atoms with Crippen molar-refractivity contribution in [1.29, 1.82) is 0 Å². The van der Waals surface area contributed by atoms with Crippen molar-refractivity contribution in [3.8, 4) is 0 Å². The summed E-state index contributed by atoms with van der Waals surface area (Å²) >= 11 is 0. The van der Waals surface area contributed by atoms with E-state index in [0.29, 0.717) is 35.7 Å². The molecule has 0 bridgehead atoms. The topological polar surface area (TPSA) is 130 Å². The highest BCUT2D eigenvalue weighted by molar-refractivity contribution is 6.05. The number of aromatic nitrogens is 1. The Morgan fingerprint density at radius 3 is 2.21 bits per heavy atom. The molecule has 0 unspecified atom stereocenters. The van der Waals surface area contributed by atoms with Crippen molar-refractivity contribution in [2.75, 3.05) is 22.5 Å². The minimum absolute atomic E-state index is 0.0797. The molecular weight excluding hydrogens is 534 g/mol. The SMILES string of the molecule is CCCCCN(Cc1ccc(C(=O)Nc2ccccc2NC(=O)OC(C)(C)C)nc1)C(=O)Nc1cccc(C(C)=O)c1. The molecule has 10 nitrogen and oxygen atoms in total. The molecule has 1 aromatic heterocycles. The van der Waals surface area contributed by atoms with E-state index in [1.807, 2.05) is 0 Å². The van der Waals surface area contributed by atoms with Crippen molar-refractivity contribution in [3.63, 3.8) is 0 Å². The summed E-state index contributed by atoms with van der Waals surface area (Å²) in [6.45, 7) is 9.70. The average Bonchev–Trinajstić information content (AvgIpc) is 2.93. The summed E-state index contributed by atoms with van der Waals surface area (Å²) in [6, 6.07) is 16.7. The molecule has 0 radical (unpaired) electrons. The predicted molar refractivity (Wildman–Crippen MR) is 164 cm³/mol. The molecule has 0 saturated carbocycles. The van der Waals surface area contributed by atoms with Gasteiger partial charge in [-0.15, -0.1) is 0 Å². The Hall–Kier alpha value is -4.73. The number of urea groups is 1. The van der Waals surface area contributed by atoms with Crippen molar-refractivity contribution in [2.45, 2.75) is 66.0 Å². The largest absolute Gasteiger partial charge is 0.444 e. The van der Waals surface area contributed by atoms with Gasteiger partial charge in [0.15, 0.2) is 5.78 Å². The van der Waals surface area contributed by atoms with Gasteiger partial charge in [-0.1, -0.05) is 50.1 Å². The maximum atomic E-state index is 13.2. The first-order valence-corrected chi connectivity index (χ1v) is 14.0. The van der Waals surface area contributed by atoms with E-state index in [0.717, 1.165) is 24.8 Å². The normalized spacial score (nSPS) is 10.9. The Labute approximate surface area is 246 Å². The molecule has 3 aromatic rings. The number of carbonyl (C=O) groups excluding carboxylic acids is 4. The number of ether oxygens (including phenoxy) is 1. The fourth-order valence-electron chi connectivity index (χ4n) is 4.00. The lowest BCUT2D eigenvalue weighted by atomic mass is 10.1. The molecule has 0 spiro atoms. The van der Waals surface area contributed by atoms with Crippen LogP contribution in [0.25, 0.3) is 0 Å². The first-order chi connectivity index (χ1) is 19.9. The number of unbranched alkanes of at least 4 members (excludes halogenated alkanes) is 2. The van der Waals surface area contributed by atoms with Gasteiger partial charge in [0.05, 0.1) is 11.4 Å². The molecule has 3 N–H and O–H groups in total. The highest BCUT2D eigenvalue weighted by atomic mass is 16.6. The summed E-state index contributed by atoms with van der Waals surface area (Å²) in [5.74, 6) is -0.535. The second-order valence-electron chi connectivity index (χ2n) is 10.9. The highest BCUT2D eigenvalue weighted by Gasteiger charge is 2.19. The van der Waals surface area contributed by atoms with E-state index in [4.69, 9.17) is 4.74 Å². The summed E-state index contributed by atoms with van der Waals surface area (Å²) in [5.41, 5.74) is 2.11. The molecule has 0 atom stereocenters. The third-order valence-electron chi connectivity index (χ3n) is 6.08. The Kier molecular flexibility index (Phi) is 11.2. The van der Waals surface area contributed by atoms with Crippen LogP contribution in [-0.2, 0) is 11.3 Å². The zero-order valence-electron chi connectivity index (χ0n) is 24.8. The van der Waals surface area contributed by atoms with E-state index in [1.165, 1.54) is 6.92 Å². The minimum atomic E-state index is -0.666. The number of pyridine rings is 1. The van der Waals surface area contributed by atoms with E-state index in [1.54, 1.807) is 92.5 Å². The lowest BCUT2D eigenvalue weighted by Crippen LogP contribution is -2.35. The molecule has 10 heteroatoms. The molecule has 0 fully saturated rings. The van der Waals surface area contributed by atoms with Gasteiger partial charge in [-0.25, -0.2) is 9.59 Å². The highest BCUT2D eigenvalue weighted by Crippen LogP contribution is 2.23. The Balaban J connectivity index is 1.68. The number of benzene rings is 2. The van der Waals surface area contributed by atoms with Crippen LogP contribution in [0.1, 0.15) is 80.3 Å². The number of rotatable bonds is 11. The van der Waals surface area contributed by atoms with Crippen LogP contribution in [0.15, 0.2) is 66.9 Å². The van der Waals surface area contributed by atoms with E-state index in [2.05, 4.69) is 27.9 Å². The van der Waals surface area contributed by atoms with Crippen LogP contribution in [0.2, 0.25) is 0 Å². The van der Waals surface area contributed by atoms with Crippen LogP contribution in [0.3, 0.4) is 0 Å². The number of para-hydroxylation sites is 2. The number of nitrogens with zero attached hydrogens (tertiary/aromatic N) is 2. The van der Waals surface area contributed by atoms with Gasteiger partial charge < -0.3 is 20.3 Å². The molecule has 3 rings (SSSR count). The van der Waals surface area contributed by atoms with E-state index in [9.17, 15) is 19.2 Å². The molecule has 222 valence electrons. The van der Waals surface area contributed by atoms with Gasteiger partial charge >= 0.3 is 12.1 Å². The zero-order valence-corrected chi connectivity index (χ0v) is 24.8. The van der Waals surface area contributed by atoms with Crippen molar-refractivity contribution < 1.29 is 23.9 Å². The molecule has 42 heavy (non-hydrogen) atoms. The van der Waals surface area contributed by atoms with Gasteiger partial charge in [0.1, 0.15) is 11.3 Å². The number of hydrogen-bond acceptors (Lipinski definition) is 6. The second kappa shape index (κ2) is 14.8. The first-order valence-electron chi connectivity index (χ1n) is 14.0. The van der Waals surface area contributed by atoms with Crippen molar-refractivity contribution in [1.82, 2.24) is 9.88 Å². The van der Waals surface area contributed by atoms with Crippen LogP contribution in [0.4, 0.5) is 26.7 Å². The Morgan fingerprint density at radius 1 is 0.881 bits per heavy atom. The van der Waals surface area contributed by atoms with Gasteiger partial charge in [0, 0.05) is 30.5 Å². The summed E-state index contributed by atoms with van der Waals surface area (Å²) in [6.07, 6.45) is 3.76. The molecule has 4 amide bonds. The van der Waals surface area contributed by atoms with Crippen LogP contribution < -0.4 is 16.0 Å². The smallest absolute Gasteiger partial charge is 0.412 e. The fraction of sp³-hybridized carbons (Fsp3) is 0.344. The molecule has 0 aliphatic heterocycles. The lowest BCUT2D eigenvalue weighted by molar-refractivity contribution is 0.0635. The Bertz CT molecular complexity index is 1400. The number of anilines is 3. The molecule has 2 aromatic carbocycles. The molecule has 1 heterocycles. The van der Waals surface area contributed by atoms with Gasteiger partial charge in [-0.3, -0.25) is 19.9 Å². The van der Waals surface area contributed by atoms with Crippen molar-refractivity contribution in [2.24, 2.45) is 0 Å². The third-order valence-corrected chi connectivity index (χ3v) is 6.08. The fourth-order valence-corrected chi connectivity index (χ4v) is 4.00. The zero-order chi connectivity index (χ0) is 30.7. The van der Waals surface area contributed by atoms with Crippen LogP contribution in [0.5, 0.6) is 0 Å². The maximum absolute atomic E-state index is 13.2. The second-order valence-corrected chi connectivity index (χ2v) is 10.9. The van der Waals surface area contributed by atoms with E-state index >= 15 is 0 Å². The Morgan fingerprint density at radius 2 is 1.60 bits per heavy atom. The lowest BCUT2D eigenvalue weighted by Gasteiger charge is -2.23. The molecule has 0 saturated heterocycles. The number of nitrogens with one attached hydrogen (secondary N) is 3. The number of Topliss-reactive ketones (excluding diaryl/α,β-unsaturated/α-hetero) is 1. The first kappa shape index (κ1) is 31.8. The monoisotopic (exact) mass is 573 g/mol.